The Kier molecular flexibility index (Phi) is 7.27. The Morgan fingerprint density at radius 3 is 2.56 bits per heavy atom. The van der Waals surface area contributed by atoms with Crippen LogP contribution in [0.15, 0.2) is 12.7 Å². The maximum absolute atomic E-state index is 12.5. The van der Waals surface area contributed by atoms with Gasteiger partial charge in [0.2, 0.25) is 0 Å². The van der Waals surface area contributed by atoms with Crippen LogP contribution in [0.4, 0.5) is 4.79 Å². The predicted molar refractivity (Wildman–Crippen MR) is 109 cm³/mol. The normalized spacial score (nSPS) is 28.7. The Morgan fingerprint density at radius 1 is 1.32 bits per heavy atom. The first-order chi connectivity index (χ1) is 11.8. The van der Waals surface area contributed by atoms with E-state index in [1.54, 1.807) is 0 Å². The molecule has 0 radical (unpaired) electrons. The number of allylic oxidation sites excluding steroid dienone is 1. The van der Waals surface area contributed by atoms with Crippen LogP contribution in [0.5, 0.6) is 0 Å². The molecule has 2 rings (SSSR count). The number of hydrogen-bond acceptors (Lipinski definition) is 3. The average molecular weight is 368 g/mol. The number of nitrogens with one attached hydrogen (secondary N) is 2. The van der Waals surface area contributed by atoms with Gasteiger partial charge in [-0.05, 0) is 71.6 Å². The molecule has 2 fully saturated rings. The summed E-state index contributed by atoms with van der Waals surface area (Å²) in [5.41, 5.74) is -0.0133. The highest BCUT2D eigenvalue weighted by atomic mass is 32.2. The summed E-state index contributed by atoms with van der Waals surface area (Å²) in [6, 6.07) is 0.333. The highest BCUT2D eigenvalue weighted by Gasteiger charge is 2.38. The fraction of sp³-hybridized carbons (Fsp3) is 0.850. The maximum Gasteiger partial charge on any atom is 0.315 e. The highest BCUT2D eigenvalue weighted by Crippen LogP contribution is 2.38. The minimum Gasteiger partial charge on any atom is -0.335 e. The Morgan fingerprint density at radius 2 is 2.00 bits per heavy atom. The lowest BCUT2D eigenvalue weighted by Gasteiger charge is -2.36. The van der Waals surface area contributed by atoms with Gasteiger partial charge in [0.25, 0.3) is 0 Å². The van der Waals surface area contributed by atoms with Crippen LogP contribution in [0.3, 0.4) is 0 Å². The fourth-order valence-electron chi connectivity index (χ4n) is 4.14. The molecular formula is C20H37N3OS. The van der Waals surface area contributed by atoms with Gasteiger partial charge >= 0.3 is 6.03 Å². The molecule has 0 spiro atoms. The molecule has 2 amide bonds. The zero-order chi connectivity index (χ0) is 18.5. The van der Waals surface area contributed by atoms with Crippen molar-refractivity contribution in [2.45, 2.75) is 89.0 Å². The van der Waals surface area contributed by atoms with Crippen molar-refractivity contribution in [2.24, 2.45) is 5.92 Å². The minimum absolute atomic E-state index is 0.0133. The van der Waals surface area contributed by atoms with Gasteiger partial charge in [-0.3, -0.25) is 4.31 Å². The molecule has 2 N–H and O–H groups in total. The summed E-state index contributed by atoms with van der Waals surface area (Å²) >= 11 is 1.93. The molecule has 0 aromatic carbocycles. The summed E-state index contributed by atoms with van der Waals surface area (Å²) in [5, 5.41) is 6.55. The van der Waals surface area contributed by atoms with Crippen LogP contribution < -0.4 is 10.6 Å². The van der Waals surface area contributed by atoms with E-state index in [1.165, 1.54) is 6.42 Å². The standard InChI is InChI=1S/C20H37N3OS/c1-6-8-16-9-12-20(7-2,15-16)22-18(24)21-17-10-13-23(14-11-17)25-19(3,4)5/h6,16-17H,1,7-15H2,2-5H3,(H2,21,22,24). The molecule has 5 heteroatoms. The van der Waals surface area contributed by atoms with Crippen LogP contribution >= 0.6 is 11.9 Å². The molecule has 1 aliphatic heterocycles. The van der Waals surface area contributed by atoms with Crippen molar-refractivity contribution in [2.75, 3.05) is 13.1 Å². The monoisotopic (exact) mass is 367 g/mol. The summed E-state index contributed by atoms with van der Waals surface area (Å²) in [6.07, 6.45) is 9.54. The molecule has 0 aromatic heterocycles. The molecule has 2 unspecified atom stereocenters. The van der Waals surface area contributed by atoms with Crippen LogP contribution in [-0.2, 0) is 0 Å². The van der Waals surface area contributed by atoms with Gasteiger partial charge in [-0.25, -0.2) is 4.79 Å². The third-order valence-corrected chi connectivity index (χ3v) is 6.63. The molecule has 0 bridgehead atoms. The van der Waals surface area contributed by atoms with Crippen LogP contribution in [0.25, 0.3) is 0 Å². The molecule has 2 aliphatic rings. The van der Waals surface area contributed by atoms with Crippen LogP contribution in [-0.4, -0.2) is 39.8 Å². The highest BCUT2D eigenvalue weighted by molar-refractivity contribution is 7.98. The Balaban J connectivity index is 1.76. The molecule has 2 atom stereocenters. The van der Waals surface area contributed by atoms with Gasteiger partial charge in [-0.1, -0.05) is 24.9 Å². The smallest absolute Gasteiger partial charge is 0.315 e. The van der Waals surface area contributed by atoms with Gasteiger partial charge in [0, 0.05) is 29.4 Å². The van der Waals surface area contributed by atoms with Crippen LogP contribution in [0.2, 0.25) is 0 Å². The number of hydrogen-bond donors (Lipinski definition) is 2. The van der Waals surface area contributed by atoms with E-state index < -0.39 is 0 Å². The number of carbonyl (C=O) groups excluding carboxylic acids is 1. The molecule has 1 saturated heterocycles. The predicted octanol–water partition coefficient (Wildman–Crippen LogP) is 4.72. The number of urea groups is 1. The van der Waals surface area contributed by atoms with Crippen molar-refractivity contribution in [1.82, 2.24) is 14.9 Å². The molecule has 0 aromatic rings. The Hall–Kier alpha value is -0.680. The molecule has 25 heavy (non-hydrogen) atoms. The average Bonchev–Trinajstić information content (AvgIpc) is 2.91. The van der Waals surface area contributed by atoms with E-state index in [9.17, 15) is 4.79 Å². The second-order valence-electron chi connectivity index (χ2n) is 8.77. The fourth-order valence-corrected chi connectivity index (χ4v) is 5.31. The van der Waals surface area contributed by atoms with E-state index in [-0.39, 0.29) is 16.3 Å². The first-order valence-electron chi connectivity index (χ1n) is 9.89. The lowest BCUT2D eigenvalue weighted by Crippen LogP contribution is -2.54. The zero-order valence-electron chi connectivity index (χ0n) is 16.6. The van der Waals surface area contributed by atoms with E-state index in [0.717, 1.165) is 51.6 Å². The first-order valence-corrected chi connectivity index (χ1v) is 10.7. The largest absolute Gasteiger partial charge is 0.335 e. The Bertz CT molecular complexity index is 454. The number of amides is 2. The lowest BCUT2D eigenvalue weighted by atomic mass is 9.92. The van der Waals surface area contributed by atoms with Crippen molar-refractivity contribution < 1.29 is 4.79 Å². The van der Waals surface area contributed by atoms with E-state index >= 15 is 0 Å². The lowest BCUT2D eigenvalue weighted by molar-refractivity contribution is 0.211. The molecule has 1 heterocycles. The zero-order valence-corrected chi connectivity index (χ0v) is 17.4. The summed E-state index contributed by atoms with van der Waals surface area (Å²) in [7, 11) is 0. The number of carbonyl (C=O) groups is 1. The number of piperidine rings is 1. The van der Waals surface area contributed by atoms with Gasteiger partial charge in [0.1, 0.15) is 0 Å². The van der Waals surface area contributed by atoms with Crippen molar-refractivity contribution in [3.63, 3.8) is 0 Å². The van der Waals surface area contributed by atoms with Crippen molar-refractivity contribution >= 4 is 18.0 Å². The summed E-state index contributed by atoms with van der Waals surface area (Å²) in [4.78, 5) is 12.5. The van der Waals surface area contributed by atoms with Crippen molar-refractivity contribution in [3.05, 3.63) is 12.7 Å². The van der Waals surface area contributed by atoms with Gasteiger partial charge in [0.05, 0.1) is 0 Å². The summed E-state index contributed by atoms with van der Waals surface area (Å²) < 4.78 is 2.70. The van der Waals surface area contributed by atoms with E-state index in [1.807, 2.05) is 18.0 Å². The molecule has 144 valence electrons. The van der Waals surface area contributed by atoms with E-state index in [2.05, 4.69) is 49.2 Å². The van der Waals surface area contributed by atoms with Crippen molar-refractivity contribution in [3.8, 4) is 0 Å². The minimum atomic E-state index is -0.0133. The third-order valence-electron chi connectivity index (χ3n) is 5.46. The van der Waals surface area contributed by atoms with Gasteiger partial charge in [-0.15, -0.1) is 6.58 Å². The third kappa shape index (κ3) is 6.52. The first kappa shape index (κ1) is 20.6. The van der Waals surface area contributed by atoms with E-state index in [4.69, 9.17) is 0 Å². The van der Waals surface area contributed by atoms with Gasteiger partial charge in [-0.2, -0.15) is 0 Å². The SMILES string of the molecule is C=CCC1CCC(CC)(NC(=O)NC2CCN(SC(C)(C)C)CC2)C1. The second-order valence-corrected chi connectivity index (χ2v) is 10.7. The van der Waals surface area contributed by atoms with Crippen LogP contribution in [0, 0.1) is 5.92 Å². The number of nitrogens with zero attached hydrogens (tertiary/aromatic N) is 1. The van der Waals surface area contributed by atoms with Crippen molar-refractivity contribution in [1.29, 1.82) is 0 Å². The second kappa shape index (κ2) is 8.81. The molecule has 1 aliphatic carbocycles. The number of rotatable bonds is 6. The summed E-state index contributed by atoms with van der Waals surface area (Å²) in [6.45, 7) is 14.9. The topological polar surface area (TPSA) is 44.4 Å². The molecular weight excluding hydrogens is 330 g/mol. The van der Waals surface area contributed by atoms with Crippen LogP contribution in [0.1, 0.15) is 72.6 Å². The Labute approximate surface area is 158 Å². The quantitative estimate of drug-likeness (QED) is 0.527. The molecule has 1 saturated carbocycles. The maximum atomic E-state index is 12.5. The summed E-state index contributed by atoms with van der Waals surface area (Å²) in [5.74, 6) is 0.676. The molecule has 4 nitrogen and oxygen atoms in total. The van der Waals surface area contributed by atoms with Gasteiger partial charge < -0.3 is 10.6 Å². The van der Waals surface area contributed by atoms with E-state index in [0.29, 0.717) is 12.0 Å². The van der Waals surface area contributed by atoms with Gasteiger partial charge in [0.15, 0.2) is 0 Å².